The average Bonchev–Trinajstić information content (AvgIpc) is 3.21. The topological polar surface area (TPSA) is 67.9 Å². The minimum atomic E-state index is -0.578. The van der Waals surface area contributed by atoms with E-state index < -0.39 is 12.2 Å². The number of carbonyl (C=O) groups excluding carboxylic acids is 2. The van der Waals surface area contributed by atoms with Gasteiger partial charge in [-0.2, -0.15) is 0 Å². The van der Waals surface area contributed by atoms with Crippen LogP contribution in [0, 0.1) is 0 Å². The second-order valence-electron chi connectivity index (χ2n) is 6.84. The molecule has 140 valence electrons. The maximum absolute atomic E-state index is 12.6. The molecule has 1 saturated heterocycles. The van der Waals surface area contributed by atoms with Gasteiger partial charge in [-0.05, 0) is 37.5 Å². The number of hydrogen-bond acceptors (Lipinski definition) is 4. The Labute approximate surface area is 158 Å². The van der Waals surface area contributed by atoms with Crippen molar-refractivity contribution in [2.45, 2.75) is 38.5 Å². The lowest BCUT2D eigenvalue weighted by Gasteiger charge is -2.33. The van der Waals surface area contributed by atoms with Crippen LogP contribution in [0.5, 0.6) is 5.75 Å². The maximum Gasteiger partial charge on any atom is 0.268 e. The summed E-state index contributed by atoms with van der Waals surface area (Å²) in [7, 11) is 0. The number of hydrogen-bond donors (Lipinski definition) is 1. The lowest BCUT2D eigenvalue weighted by molar-refractivity contribution is -0.126. The molecule has 0 saturated carbocycles. The first-order valence-electron chi connectivity index (χ1n) is 9.20. The van der Waals surface area contributed by atoms with Gasteiger partial charge in [0.1, 0.15) is 11.9 Å². The molecular weight excluding hydrogens is 344 g/mol. The van der Waals surface area contributed by atoms with Gasteiger partial charge in [0.25, 0.3) is 11.8 Å². The number of rotatable bonds is 4. The van der Waals surface area contributed by atoms with Crippen LogP contribution in [0.25, 0.3) is 0 Å². The summed E-state index contributed by atoms with van der Waals surface area (Å²) in [4.78, 5) is 26.6. The Morgan fingerprint density at radius 3 is 2.78 bits per heavy atom. The van der Waals surface area contributed by atoms with Crippen molar-refractivity contribution in [3.63, 3.8) is 0 Å². The molecule has 2 unspecified atom stereocenters. The van der Waals surface area contributed by atoms with Gasteiger partial charge < -0.3 is 19.7 Å². The molecule has 2 atom stereocenters. The summed E-state index contributed by atoms with van der Waals surface area (Å²) in [5.41, 5.74) is 2.38. The Morgan fingerprint density at radius 2 is 2.04 bits per heavy atom. The average molecular weight is 366 g/mol. The van der Waals surface area contributed by atoms with Gasteiger partial charge in [0.15, 0.2) is 6.10 Å². The summed E-state index contributed by atoms with van der Waals surface area (Å²) in [6.07, 6.45) is 0.672. The monoisotopic (exact) mass is 366 g/mol. The predicted octanol–water partition coefficient (Wildman–Crippen LogP) is 3.12. The van der Waals surface area contributed by atoms with Crippen molar-refractivity contribution in [3.8, 4) is 5.75 Å². The molecule has 0 bridgehead atoms. The molecule has 1 N–H and O–H groups in total. The highest BCUT2D eigenvalue weighted by Crippen LogP contribution is 2.37. The Kier molecular flexibility index (Phi) is 4.81. The fourth-order valence-electron chi connectivity index (χ4n) is 3.42. The first-order chi connectivity index (χ1) is 13.1. The van der Waals surface area contributed by atoms with Crippen LogP contribution in [0.1, 0.15) is 25.3 Å². The standard InChI is InChI=1S/C21H22N2O4/c1-14-21(25)23(13-15-6-3-2-4-7-15)17-10-9-16(12-19(17)27-14)22-20(24)18-8-5-11-26-18/h2-4,6-7,9-10,12,14,18H,5,8,11,13H2,1H3,(H,22,24). The van der Waals surface area contributed by atoms with Crippen molar-refractivity contribution in [2.75, 3.05) is 16.8 Å². The molecule has 2 aliphatic rings. The number of benzene rings is 2. The van der Waals surface area contributed by atoms with Crippen molar-refractivity contribution in [2.24, 2.45) is 0 Å². The van der Waals surface area contributed by atoms with Crippen molar-refractivity contribution >= 4 is 23.2 Å². The highest BCUT2D eigenvalue weighted by Gasteiger charge is 2.32. The molecular formula is C21H22N2O4. The van der Waals surface area contributed by atoms with Gasteiger partial charge in [-0.3, -0.25) is 9.59 Å². The molecule has 6 nitrogen and oxygen atoms in total. The van der Waals surface area contributed by atoms with Gasteiger partial charge in [-0.1, -0.05) is 30.3 Å². The molecule has 27 heavy (non-hydrogen) atoms. The summed E-state index contributed by atoms with van der Waals surface area (Å²) in [6.45, 7) is 2.84. The van der Waals surface area contributed by atoms with E-state index in [-0.39, 0.29) is 11.8 Å². The Balaban J connectivity index is 1.57. The lowest BCUT2D eigenvalue weighted by Crippen LogP contribution is -2.44. The minimum absolute atomic E-state index is 0.0810. The molecule has 4 rings (SSSR count). The van der Waals surface area contributed by atoms with E-state index in [1.54, 1.807) is 24.0 Å². The predicted molar refractivity (Wildman–Crippen MR) is 102 cm³/mol. The number of amides is 2. The normalized spacial score (nSPS) is 21.5. The van der Waals surface area contributed by atoms with Crippen LogP contribution in [0.15, 0.2) is 48.5 Å². The number of nitrogens with zero attached hydrogens (tertiary/aromatic N) is 1. The van der Waals surface area contributed by atoms with E-state index in [4.69, 9.17) is 9.47 Å². The van der Waals surface area contributed by atoms with E-state index in [2.05, 4.69) is 5.32 Å². The molecule has 6 heteroatoms. The van der Waals surface area contributed by atoms with E-state index in [1.165, 1.54) is 0 Å². The molecule has 0 aromatic heterocycles. The fourth-order valence-corrected chi connectivity index (χ4v) is 3.42. The van der Waals surface area contributed by atoms with Gasteiger partial charge >= 0.3 is 0 Å². The number of anilines is 2. The van der Waals surface area contributed by atoms with E-state index >= 15 is 0 Å². The molecule has 0 radical (unpaired) electrons. The molecule has 2 amide bonds. The number of fused-ring (bicyclic) bond motifs is 1. The highest BCUT2D eigenvalue weighted by atomic mass is 16.5. The van der Waals surface area contributed by atoms with Gasteiger partial charge in [0.2, 0.25) is 0 Å². The maximum atomic E-state index is 12.6. The van der Waals surface area contributed by atoms with Gasteiger partial charge in [0, 0.05) is 18.4 Å². The number of nitrogens with one attached hydrogen (secondary N) is 1. The summed E-state index contributed by atoms with van der Waals surface area (Å²) in [5, 5.41) is 2.88. The number of carbonyl (C=O) groups is 2. The summed E-state index contributed by atoms with van der Waals surface area (Å²) in [5.74, 6) is 0.360. The zero-order chi connectivity index (χ0) is 18.8. The molecule has 1 fully saturated rings. The first-order valence-corrected chi connectivity index (χ1v) is 9.20. The summed E-state index contributed by atoms with van der Waals surface area (Å²) >= 11 is 0. The second-order valence-corrected chi connectivity index (χ2v) is 6.84. The fraction of sp³-hybridized carbons (Fsp3) is 0.333. The van der Waals surface area contributed by atoms with Crippen molar-refractivity contribution in [1.29, 1.82) is 0 Å². The van der Waals surface area contributed by atoms with Gasteiger partial charge in [0.05, 0.1) is 12.2 Å². The van der Waals surface area contributed by atoms with Crippen molar-refractivity contribution < 1.29 is 19.1 Å². The van der Waals surface area contributed by atoms with Gasteiger partial charge in [-0.15, -0.1) is 0 Å². The van der Waals surface area contributed by atoms with Crippen LogP contribution in [0.4, 0.5) is 11.4 Å². The smallest absolute Gasteiger partial charge is 0.268 e. The number of ether oxygens (including phenoxy) is 2. The van der Waals surface area contributed by atoms with E-state index in [0.29, 0.717) is 30.3 Å². The minimum Gasteiger partial charge on any atom is -0.479 e. The zero-order valence-corrected chi connectivity index (χ0v) is 15.2. The van der Waals surface area contributed by atoms with Crippen LogP contribution < -0.4 is 15.0 Å². The van der Waals surface area contributed by atoms with Crippen LogP contribution in [-0.4, -0.2) is 30.6 Å². The van der Waals surface area contributed by atoms with Crippen LogP contribution in [0.3, 0.4) is 0 Å². The van der Waals surface area contributed by atoms with Crippen molar-refractivity contribution in [3.05, 3.63) is 54.1 Å². The summed E-state index contributed by atoms with van der Waals surface area (Å²) < 4.78 is 11.2. The molecule has 2 aromatic rings. The third kappa shape index (κ3) is 3.66. The molecule has 0 aliphatic carbocycles. The highest BCUT2D eigenvalue weighted by molar-refractivity contribution is 6.01. The Morgan fingerprint density at radius 1 is 1.22 bits per heavy atom. The molecule has 2 aliphatic heterocycles. The Hall–Kier alpha value is -2.86. The van der Waals surface area contributed by atoms with Crippen LogP contribution in [-0.2, 0) is 20.9 Å². The zero-order valence-electron chi connectivity index (χ0n) is 15.2. The van der Waals surface area contributed by atoms with E-state index in [1.807, 2.05) is 36.4 Å². The van der Waals surface area contributed by atoms with E-state index in [9.17, 15) is 9.59 Å². The molecule has 2 aromatic carbocycles. The lowest BCUT2D eigenvalue weighted by atomic mass is 10.1. The third-order valence-electron chi connectivity index (χ3n) is 4.84. The Bertz CT molecular complexity index is 847. The molecule has 2 heterocycles. The van der Waals surface area contributed by atoms with Gasteiger partial charge in [-0.25, -0.2) is 0 Å². The van der Waals surface area contributed by atoms with Crippen LogP contribution in [0.2, 0.25) is 0 Å². The largest absolute Gasteiger partial charge is 0.479 e. The molecule has 0 spiro atoms. The van der Waals surface area contributed by atoms with E-state index in [0.717, 1.165) is 18.4 Å². The van der Waals surface area contributed by atoms with Crippen molar-refractivity contribution in [1.82, 2.24) is 0 Å². The SMILES string of the molecule is CC1Oc2cc(NC(=O)C3CCCO3)ccc2N(Cc2ccccc2)C1=O. The first kappa shape index (κ1) is 17.5. The summed E-state index contributed by atoms with van der Waals surface area (Å²) in [6, 6.07) is 15.2. The van der Waals surface area contributed by atoms with Crippen LogP contribution >= 0.6 is 0 Å². The quantitative estimate of drug-likeness (QED) is 0.903. The second kappa shape index (κ2) is 7.40. The third-order valence-corrected chi connectivity index (χ3v) is 4.84.